The molecule has 1 N–H and O–H groups in total. The molecule has 2 rings (SSSR count). The van der Waals surface area contributed by atoms with Crippen molar-refractivity contribution in [3.8, 4) is 0 Å². The lowest BCUT2D eigenvalue weighted by atomic mass is 10.1. The molecular formula is C17H28N2. The number of hydrogen-bond acceptors (Lipinski definition) is 2. The molecule has 2 heteroatoms. The molecule has 0 bridgehead atoms. The number of rotatable bonds is 7. The Hall–Kier alpha value is -1.02. The van der Waals surface area contributed by atoms with E-state index in [0.29, 0.717) is 12.0 Å². The van der Waals surface area contributed by atoms with Crippen LogP contribution in [0.15, 0.2) is 24.3 Å². The Morgan fingerprint density at radius 2 is 1.74 bits per heavy atom. The maximum absolute atomic E-state index is 3.56. The Balaban J connectivity index is 1.97. The molecule has 1 aliphatic carbocycles. The van der Waals surface area contributed by atoms with Gasteiger partial charge >= 0.3 is 0 Å². The van der Waals surface area contributed by atoms with E-state index in [1.165, 1.54) is 24.1 Å². The lowest BCUT2D eigenvalue weighted by Crippen LogP contribution is -2.34. The molecule has 0 heterocycles. The summed E-state index contributed by atoms with van der Waals surface area (Å²) in [6.07, 6.45) is 2.71. The second kappa shape index (κ2) is 6.42. The Kier molecular flexibility index (Phi) is 4.87. The Bertz CT molecular complexity index is 377. The summed E-state index contributed by atoms with van der Waals surface area (Å²) in [5.41, 5.74) is 2.74. The van der Waals surface area contributed by atoms with Gasteiger partial charge in [0.25, 0.3) is 0 Å². The second-order valence-corrected chi connectivity index (χ2v) is 6.46. The molecule has 1 aromatic carbocycles. The molecule has 1 aliphatic rings. The molecule has 0 radical (unpaired) electrons. The van der Waals surface area contributed by atoms with Crippen LogP contribution in [-0.4, -0.2) is 18.6 Å². The van der Waals surface area contributed by atoms with Crippen molar-refractivity contribution < 1.29 is 0 Å². The lowest BCUT2D eigenvalue weighted by Gasteiger charge is -2.31. The predicted molar refractivity (Wildman–Crippen MR) is 83.6 cm³/mol. The average molecular weight is 260 g/mol. The fourth-order valence-electron chi connectivity index (χ4n) is 2.36. The summed E-state index contributed by atoms with van der Waals surface area (Å²) < 4.78 is 0. The highest BCUT2D eigenvalue weighted by molar-refractivity contribution is 5.48. The monoisotopic (exact) mass is 260 g/mol. The zero-order valence-corrected chi connectivity index (χ0v) is 12.8. The number of hydrogen-bond donors (Lipinski definition) is 1. The Labute approximate surface area is 118 Å². The molecular weight excluding hydrogens is 232 g/mol. The van der Waals surface area contributed by atoms with Gasteiger partial charge in [-0.15, -0.1) is 0 Å². The molecule has 1 aromatic rings. The molecule has 0 aromatic heterocycles. The van der Waals surface area contributed by atoms with E-state index in [1.807, 2.05) is 0 Å². The van der Waals surface area contributed by atoms with Crippen molar-refractivity contribution in [2.24, 2.45) is 5.92 Å². The van der Waals surface area contributed by atoms with Gasteiger partial charge in [-0.1, -0.05) is 26.0 Å². The first kappa shape index (κ1) is 14.4. The molecule has 0 atom stereocenters. The molecule has 1 saturated carbocycles. The zero-order chi connectivity index (χ0) is 13.8. The Morgan fingerprint density at radius 3 is 2.21 bits per heavy atom. The highest BCUT2D eigenvalue weighted by Gasteiger charge is 2.20. The van der Waals surface area contributed by atoms with Crippen molar-refractivity contribution in [3.63, 3.8) is 0 Å². The van der Waals surface area contributed by atoms with Gasteiger partial charge in [0.15, 0.2) is 0 Å². The van der Waals surface area contributed by atoms with Crippen LogP contribution < -0.4 is 10.2 Å². The third-order valence-electron chi connectivity index (χ3n) is 3.63. The van der Waals surface area contributed by atoms with Crippen LogP contribution in [0.2, 0.25) is 0 Å². The van der Waals surface area contributed by atoms with Gasteiger partial charge in [0.05, 0.1) is 0 Å². The van der Waals surface area contributed by atoms with Crippen molar-refractivity contribution in [2.75, 3.05) is 11.4 Å². The van der Waals surface area contributed by atoms with Crippen LogP contribution in [0.25, 0.3) is 0 Å². The van der Waals surface area contributed by atoms with Gasteiger partial charge in [0.2, 0.25) is 0 Å². The molecule has 0 saturated heterocycles. The maximum atomic E-state index is 3.56. The minimum Gasteiger partial charge on any atom is -0.369 e. The first-order chi connectivity index (χ1) is 9.06. The molecule has 2 nitrogen and oxygen atoms in total. The van der Waals surface area contributed by atoms with Gasteiger partial charge in [0, 0.05) is 30.9 Å². The molecule has 106 valence electrons. The van der Waals surface area contributed by atoms with E-state index < -0.39 is 0 Å². The van der Waals surface area contributed by atoms with Crippen LogP contribution in [0.3, 0.4) is 0 Å². The SMILES string of the molecule is CC(C)CN(c1ccc(CNC2CC2)cc1)C(C)C. The van der Waals surface area contributed by atoms with Crippen LogP contribution in [0.1, 0.15) is 46.1 Å². The molecule has 1 fully saturated rings. The van der Waals surface area contributed by atoms with Gasteiger partial charge in [-0.3, -0.25) is 0 Å². The van der Waals surface area contributed by atoms with E-state index in [2.05, 4.69) is 62.2 Å². The summed E-state index contributed by atoms with van der Waals surface area (Å²) in [6.45, 7) is 11.2. The first-order valence-corrected chi connectivity index (χ1v) is 7.65. The van der Waals surface area contributed by atoms with Gasteiger partial charge in [-0.2, -0.15) is 0 Å². The van der Waals surface area contributed by atoms with E-state index in [9.17, 15) is 0 Å². The molecule has 19 heavy (non-hydrogen) atoms. The summed E-state index contributed by atoms with van der Waals surface area (Å²) in [7, 11) is 0. The third kappa shape index (κ3) is 4.54. The van der Waals surface area contributed by atoms with Crippen molar-refractivity contribution in [1.29, 1.82) is 0 Å². The Morgan fingerprint density at radius 1 is 1.11 bits per heavy atom. The van der Waals surface area contributed by atoms with Crippen LogP contribution in [0.4, 0.5) is 5.69 Å². The van der Waals surface area contributed by atoms with E-state index in [0.717, 1.165) is 19.1 Å². The van der Waals surface area contributed by atoms with E-state index in [4.69, 9.17) is 0 Å². The first-order valence-electron chi connectivity index (χ1n) is 7.65. The minimum atomic E-state index is 0.554. The van der Waals surface area contributed by atoms with E-state index >= 15 is 0 Å². The largest absolute Gasteiger partial charge is 0.369 e. The lowest BCUT2D eigenvalue weighted by molar-refractivity contribution is 0.571. The van der Waals surface area contributed by atoms with Gasteiger partial charge in [-0.25, -0.2) is 0 Å². The number of benzene rings is 1. The third-order valence-corrected chi connectivity index (χ3v) is 3.63. The van der Waals surface area contributed by atoms with Crippen LogP contribution >= 0.6 is 0 Å². The fourth-order valence-corrected chi connectivity index (χ4v) is 2.36. The topological polar surface area (TPSA) is 15.3 Å². The van der Waals surface area contributed by atoms with Crippen LogP contribution in [0.5, 0.6) is 0 Å². The highest BCUT2D eigenvalue weighted by atomic mass is 15.2. The smallest absolute Gasteiger partial charge is 0.0368 e. The van der Waals surface area contributed by atoms with Gasteiger partial charge < -0.3 is 10.2 Å². The number of anilines is 1. The standard InChI is InChI=1S/C17H28N2/c1-13(2)12-19(14(3)4)17-9-5-15(6-10-17)11-18-16-7-8-16/h5-6,9-10,13-14,16,18H,7-8,11-12H2,1-4H3. The van der Waals surface area contributed by atoms with Gasteiger partial charge in [0.1, 0.15) is 0 Å². The van der Waals surface area contributed by atoms with Crippen LogP contribution in [-0.2, 0) is 6.54 Å². The maximum Gasteiger partial charge on any atom is 0.0368 e. The van der Waals surface area contributed by atoms with Crippen molar-refractivity contribution in [3.05, 3.63) is 29.8 Å². The van der Waals surface area contributed by atoms with E-state index in [1.54, 1.807) is 0 Å². The summed E-state index contributed by atoms with van der Waals surface area (Å²) >= 11 is 0. The molecule has 0 spiro atoms. The molecule has 0 amide bonds. The van der Waals surface area contributed by atoms with E-state index in [-0.39, 0.29) is 0 Å². The normalized spacial score (nSPS) is 15.3. The zero-order valence-electron chi connectivity index (χ0n) is 12.8. The number of nitrogens with one attached hydrogen (secondary N) is 1. The van der Waals surface area contributed by atoms with Crippen LogP contribution in [0, 0.1) is 5.92 Å². The molecule has 0 aliphatic heterocycles. The summed E-state index contributed by atoms with van der Waals surface area (Å²) in [4.78, 5) is 2.49. The second-order valence-electron chi connectivity index (χ2n) is 6.46. The summed E-state index contributed by atoms with van der Waals surface area (Å²) in [6, 6.07) is 10.4. The van der Waals surface area contributed by atoms with Crippen molar-refractivity contribution >= 4 is 5.69 Å². The molecule has 0 unspecified atom stereocenters. The quantitative estimate of drug-likeness (QED) is 0.802. The van der Waals surface area contributed by atoms with Crippen molar-refractivity contribution in [2.45, 2.75) is 59.2 Å². The average Bonchev–Trinajstić information content (AvgIpc) is 3.18. The minimum absolute atomic E-state index is 0.554. The van der Waals surface area contributed by atoms with Crippen molar-refractivity contribution in [1.82, 2.24) is 5.32 Å². The highest BCUT2D eigenvalue weighted by Crippen LogP contribution is 2.21. The number of nitrogens with zero attached hydrogens (tertiary/aromatic N) is 1. The van der Waals surface area contributed by atoms with Gasteiger partial charge in [-0.05, 0) is 50.3 Å². The summed E-state index contributed by atoms with van der Waals surface area (Å²) in [5.74, 6) is 0.693. The fraction of sp³-hybridized carbons (Fsp3) is 0.647. The predicted octanol–water partition coefficient (Wildman–Crippen LogP) is 3.81. The summed E-state index contributed by atoms with van der Waals surface area (Å²) in [5, 5.41) is 3.56.